The molecule has 0 aliphatic heterocycles. The fourth-order valence-electron chi connectivity index (χ4n) is 2.20. The minimum absolute atomic E-state index is 0.337. The molecule has 2 aromatic rings. The minimum Gasteiger partial charge on any atom is -0.377 e. The molecule has 3 N–H and O–H groups in total. The Bertz CT molecular complexity index is 609. The highest BCUT2D eigenvalue weighted by Gasteiger charge is 2.10. The van der Waals surface area contributed by atoms with Crippen molar-refractivity contribution in [3.63, 3.8) is 0 Å². The summed E-state index contributed by atoms with van der Waals surface area (Å²) in [5, 5.41) is 0. The van der Waals surface area contributed by atoms with Gasteiger partial charge < -0.3 is 15.1 Å². The number of methoxy groups -OCH3 is 1. The third kappa shape index (κ3) is 3.68. The summed E-state index contributed by atoms with van der Waals surface area (Å²) in [6.45, 7) is 4.49. The molecular formula is C15H21N5O. The second-order valence-electron chi connectivity index (χ2n) is 5.01. The maximum absolute atomic E-state index is 5.47. The lowest BCUT2D eigenvalue weighted by atomic mass is 10.1. The summed E-state index contributed by atoms with van der Waals surface area (Å²) in [5.74, 6) is 7.37. The number of nitrogens with two attached hydrogens (primary N) is 1. The molecule has 0 atom stereocenters. The van der Waals surface area contributed by atoms with Gasteiger partial charge in [-0.2, -0.15) is 0 Å². The summed E-state index contributed by atoms with van der Waals surface area (Å²) in [4.78, 5) is 10.8. The van der Waals surface area contributed by atoms with Crippen molar-refractivity contribution in [2.45, 2.75) is 20.5 Å². The van der Waals surface area contributed by atoms with Crippen LogP contribution in [0.1, 0.15) is 17.0 Å². The first-order chi connectivity index (χ1) is 10.0. The molecule has 1 heterocycles. The Balaban J connectivity index is 2.41. The Morgan fingerprint density at radius 3 is 2.38 bits per heavy atom. The van der Waals surface area contributed by atoms with Crippen molar-refractivity contribution in [3.05, 3.63) is 41.2 Å². The van der Waals surface area contributed by atoms with Crippen LogP contribution >= 0.6 is 0 Å². The first-order valence-corrected chi connectivity index (χ1v) is 6.69. The van der Waals surface area contributed by atoms with Crippen LogP contribution in [0.25, 0.3) is 0 Å². The third-order valence-corrected chi connectivity index (χ3v) is 3.12. The maximum Gasteiger partial charge on any atom is 0.158 e. The lowest BCUT2D eigenvalue weighted by molar-refractivity contribution is 0.178. The number of aromatic nitrogens is 2. The topological polar surface area (TPSA) is 76.3 Å². The molecule has 1 aromatic carbocycles. The molecule has 0 aliphatic carbocycles. The number of hydrogen-bond donors (Lipinski definition) is 2. The number of nitrogens with one attached hydrogen (secondary N) is 1. The van der Waals surface area contributed by atoms with Gasteiger partial charge in [-0.25, -0.2) is 15.8 Å². The van der Waals surface area contributed by atoms with Gasteiger partial charge in [0.15, 0.2) is 5.82 Å². The van der Waals surface area contributed by atoms with Crippen molar-refractivity contribution in [2.24, 2.45) is 5.84 Å². The molecular weight excluding hydrogens is 266 g/mol. The van der Waals surface area contributed by atoms with Gasteiger partial charge in [0.1, 0.15) is 18.2 Å². The average molecular weight is 287 g/mol. The first-order valence-electron chi connectivity index (χ1n) is 6.69. The Kier molecular flexibility index (Phi) is 4.72. The third-order valence-electron chi connectivity index (χ3n) is 3.12. The average Bonchev–Trinajstić information content (AvgIpc) is 2.45. The SMILES string of the molecule is COCc1nc(NN)cc(N(C)c2cc(C)cc(C)c2)n1. The van der Waals surface area contributed by atoms with E-state index in [2.05, 4.69) is 47.4 Å². The summed E-state index contributed by atoms with van der Waals surface area (Å²) >= 11 is 0. The van der Waals surface area contributed by atoms with Gasteiger partial charge in [0.2, 0.25) is 0 Å². The number of rotatable bonds is 5. The number of hydrogen-bond acceptors (Lipinski definition) is 6. The predicted molar refractivity (Wildman–Crippen MR) is 84.5 cm³/mol. The molecule has 0 unspecified atom stereocenters. The van der Waals surface area contributed by atoms with Gasteiger partial charge in [0.25, 0.3) is 0 Å². The molecule has 0 radical (unpaired) electrons. The van der Waals surface area contributed by atoms with Crippen LogP contribution < -0.4 is 16.2 Å². The molecule has 0 amide bonds. The van der Waals surface area contributed by atoms with Crippen LogP contribution in [0.15, 0.2) is 24.3 Å². The quantitative estimate of drug-likeness (QED) is 0.649. The van der Waals surface area contributed by atoms with Crippen LogP contribution in [-0.4, -0.2) is 24.1 Å². The standard InChI is InChI=1S/C15H21N5O/c1-10-5-11(2)7-12(6-10)20(3)15-8-13(19-16)17-14(18-15)9-21-4/h5-8H,9,16H2,1-4H3,(H,17,18,19). The fraction of sp³-hybridized carbons (Fsp3) is 0.333. The zero-order valence-electron chi connectivity index (χ0n) is 12.8. The van der Waals surface area contributed by atoms with Crippen LogP contribution in [0, 0.1) is 13.8 Å². The smallest absolute Gasteiger partial charge is 0.158 e. The van der Waals surface area contributed by atoms with Crippen molar-refractivity contribution in [1.82, 2.24) is 9.97 Å². The van der Waals surface area contributed by atoms with Crippen LogP contribution in [0.2, 0.25) is 0 Å². The predicted octanol–water partition coefficient (Wildman–Crippen LogP) is 2.29. The van der Waals surface area contributed by atoms with Gasteiger partial charge in [-0.05, 0) is 37.1 Å². The van der Waals surface area contributed by atoms with E-state index in [0.717, 1.165) is 11.5 Å². The maximum atomic E-state index is 5.47. The van der Waals surface area contributed by atoms with Gasteiger partial charge in [-0.15, -0.1) is 0 Å². The van der Waals surface area contributed by atoms with E-state index in [1.807, 2.05) is 11.9 Å². The summed E-state index contributed by atoms with van der Waals surface area (Å²) in [6.07, 6.45) is 0. The van der Waals surface area contributed by atoms with E-state index in [1.54, 1.807) is 13.2 Å². The Labute approximate surface area is 124 Å². The zero-order valence-corrected chi connectivity index (χ0v) is 12.8. The monoisotopic (exact) mass is 287 g/mol. The van der Waals surface area contributed by atoms with Gasteiger partial charge in [0.05, 0.1) is 0 Å². The summed E-state index contributed by atoms with van der Waals surface area (Å²) < 4.78 is 5.09. The van der Waals surface area contributed by atoms with E-state index >= 15 is 0 Å². The largest absolute Gasteiger partial charge is 0.377 e. The normalized spacial score (nSPS) is 10.5. The second kappa shape index (κ2) is 6.51. The number of anilines is 3. The number of nitrogen functional groups attached to an aromatic ring is 1. The van der Waals surface area contributed by atoms with Gasteiger partial charge in [0, 0.05) is 25.9 Å². The number of hydrazine groups is 1. The highest BCUT2D eigenvalue weighted by Crippen LogP contribution is 2.25. The minimum atomic E-state index is 0.337. The zero-order chi connectivity index (χ0) is 15.4. The van der Waals surface area contributed by atoms with Crippen molar-refractivity contribution in [2.75, 3.05) is 24.5 Å². The van der Waals surface area contributed by atoms with E-state index < -0.39 is 0 Å². The Hall–Kier alpha value is -2.18. The van der Waals surface area contributed by atoms with Crippen LogP contribution in [0.5, 0.6) is 0 Å². The van der Waals surface area contributed by atoms with Crippen molar-refractivity contribution in [3.8, 4) is 0 Å². The Morgan fingerprint density at radius 2 is 1.81 bits per heavy atom. The number of nitrogens with zero attached hydrogens (tertiary/aromatic N) is 3. The van der Waals surface area contributed by atoms with Gasteiger partial charge in [-0.1, -0.05) is 6.07 Å². The van der Waals surface area contributed by atoms with E-state index in [0.29, 0.717) is 18.2 Å². The molecule has 0 aliphatic rings. The molecule has 0 bridgehead atoms. The lowest BCUT2D eigenvalue weighted by Gasteiger charge is -2.20. The molecule has 0 saturated heterocycles. The highest BCUT2D eigenvalue weighted by atomic mass is 16.5. The molecule has 0 fully saturated rings. The highest BCUT2D eigenvalue weighted by molar-refractivity contribution is 5.63. The summed E-state index contributed by atoms with van der Waals surface area (Å²) in [6, 6.07) is 8.17. The number of aryl methyl sites for hydroxylation is 2. The van der Waals surface area contributed by atoms with Crippen LogP contribution in [-0.2, 0) is 11.3 Å². The first kappa shape index (κ1) is 15.2. The molecule has 0 spiro atoms. The molecule has 6 nitrogen and oxygen atoms in total. The van der Waals surface area contributed by atoms with Crippen molar-refractivity contribution in [1.29, 1.82) is 0 Å². The second-order valence-corrected chi connectivity index (χ2v) is 5.01. The Morgan fingerprint density at radius 1 is 1.14 bits per heavy atom. The van der Waals surface area contributed by atoms with Gasteiger partial charge >= 0.3 is 0 Å². The molecule has 0 saturated carbocycles. The molecule has 112 valence electrons. The van der Waals surface area contributed by atoms with Crippen molar-refractivity contribution >= 4 is 17.3 Å². The fourth-order valence-corrected chi connectivity index (χ4v) is 2.20. The van der Waals surface area contributed by atoms with Crippen LogP contribution in [0.4, 0.5) is 17.3 Å². The number of ether oxygens (including phenoxy) is 1. The molecule has 2 rings (SSSR count). The van der Waals surface area contributed by atoms with E-state index in [4.69, 9.17) is 10.6 Å². The van der Waals surface area contributed by atoms with E-state index in [1.165, 1.54) is 11.1 Å². The summed E-state index contributed by atoms with van der Waals surface area (Å²) in [7, 11) is 3.58. The molecule has 1 aromatic heterocycles. The lowest BCUT2D eigenvalue weighted by Crippen LogP contribution is -2.16. The molecule has 21 heavy (non-hydrogen) atoms. The van der Waals surface area contributed by atoms with Crippen LogP contribution in [0.3, 0.4) is 0 Å². The summed E-state index contributed by atoms with van der Waals surface area (Å²) in [5.41, 5.74) is 6.05. The molecule has 6 heteroatoms. The van der Waals surface area contributed by atoms with Crippen molar-refractivity contribution < 1.29 is 4.74 Å². The van der Waals surface area contributed by atoms with Gasteiger partial charge in [-0.3, -0.25) is 0 Å². The van der Waals surface area contributed by atoms with E-state index in [-0.39, 0.29) is 0 Å². The number of benzene rings is 1. The van der Waals surface area contributed by atoms with E-state index in [9.17, 15) is 0 Å².